The quantitative estimate of drug-likeness (QED) is 0.715. The van der Waals surface area contributed by atoms with E-state index < -0.39 is 0 Å². The number of pyridine rings is 1. The van der Waals surface area contributed by atoms with Crippen LogP contribution in [-0.4, -0.2) is 15.4 Å². The Kier molecular flexibility index (Phi) is 1.92. The molecular formula is C9H7BrN2O. The fourth-order valence-corrected chi connectivity index (χ4v) is 1.49. The van der Waals surface area contributed by atoms with Gasteiger partial charge in [0.2, 0.25) is 0 Å². The maximum atomic E-state index is 11.0. The van der Waals surface area contributed by atoms with Gasteiger partial charge < -0.3 is 0 Å². The van der Waals surface area contributed by atoms with E-state index in [1.54, 1.807) is 10.6 Å². The molecule has 0 aromatic carbocycles. The molecule has 0 fully saturated rings. The Hall–Kier alpha value is -1.16. The minimum absolute atomic E-state index is 0.0141. The van der Waals surface area contributed by atoms with Crippen LogP contribution in [0.1, 0.15) is 17.4 Å². The number of hydrogen-bond acceptors (Lipinski definition) is 2. The Morgan fingerprint density at radius 1 is 1.54 bits per heavy atom. The Balaban J connectivity index is 2.68. The van der Waals surface area contributed by atoms with Crippen molar-refractivity contribution in [2.24, 2.45) is 0 Å². The Bertz CT molecular complexity index is 475. The van der Waals surface area contributed by atoms with E-state index in [9.17, 15) is 4.79 Å². The third-order valence-corrected chi connectivity index (χ3v) is 2.28. The van der Waals surface area contributed by atoms with Crippen LogP contribution in [0.3, 0.4) is 0 Å². The summed E-state index contributed by atoms with van der Waals surface area (Å²) in [6.07, 6.45) is 1.81. The maximum absolute atomic E-state index is 11.0. The first-order valence-corrected chi connectivity index (χ1v) is 4.62. The standard InChI is InChI=1S/C9H7BrN2O/c1-6(13)9-5-8-4-7(10)2-3-12(8)11-9/h2-5H,1H3. The lowest BCUT2D eigenvalue weighted by atomic mass is 10.3. The molecule has 0 N–H and O–H groups in total. The summed E-state index contributed by atoms with van der Waals surface area (Å²) in [5.41, 5.74) is 1.41. The highest BCUT2D eigenvalue weighted by atomic mass is 79.9. The van der Waals surface area contributed by atoms with Crippen LogP contribution in [0, 0.1) is 0 Å². The summed E-state index contributed by atoms with van der Waals surface area (Å²) < 4.78 is 2.66. The molecule has 0 aliphatic rings. The lowest BCUT2D eigenvalue weighted by Gasteiger charge is -1.91. The average molecular weight is 239 g/mol. The number of aromatic nitrogens is 2. The zero-order valence-electron chi connectivity index (χ0n) is 6.99. The molecular weight excluding hydrogens is 232 g/mol. The normalized spacial score (nSPS) is 10.6. The summed E-state index contributed by atoms with van der Waals surface area (Å²) in [7, 11) is 0. The van der Waals surface area contributed by atoms with Crippen LogP contribution in [0.15, 0.2) is 28.9 Å². The molecule has 0 atom stereocenters. The number of Topliss-reactive ketones (excluding diaryl/α,β-unsaturated/α-hetero) is 1. The van der Waals surface area contributed by atoms with Crippen molar-refractivity contribution in [3.8, 4) is 0 Å². The fourth-order valence-electron chi connectivity index (χ4n) is 1.14. The molecule has 0 saturated carbocycles. The fraction of sp³-hybridized carbons (Fsp3) is 0.111. The van der Waals surface area contributed by atoms with Gasteiger partial charge in [0.05, 0.1) is 5.52 Å². The van der Waals surface area contributed by atoms with Crippen molar-refractivity contribution < 1.29 is 4.79 Å². The van der Waals surface area contributed by atoms with Gasteiger partial charge in [0.15, 0.2) is 5.78 Å². The average Bonchev–Trinajstić information content (AvgIpc) is 2.46. The molecule has 0 radical (unpaired) electrons. The maximum Gasteiger partial charge on any atom is 0.180 e. The Morgan fingerprint density at radius 3 is 3.00 bits per heavy atom. The molecule has 0 aliphatic carbocycles. The van der Waals surface area contributed by atoms with Gasteiger partial charge in [0.1, 0.15) is 5.69 Å². The Labute approximate surface area is 83.5 Å². The van der Waals surface area contributed by atoms with Crippen molar-refractivity contribution in [2.45, 2.75) is 6.92 Å². The van der Waals surface area contributed by atoms with Crippen LogP contribution in [0.2, 0.25) is 0 Å². The summed E-state index contributed by atoms with van der Waals surface area (Å²) in [6, 6.07) is 5.57. The number of nitrogens with zero attached hydrogens (tertiary/aromatic N) is 2. The minimum atomic E-state index is -0.0141. The van der Waals surface area contributed by atoms with Crippen LogP contribution < -0.4 is 0 Å². The summed E-state index contributed by atoms with van der Waals surface area (Å²) in [6.45, 7) is 1.51. The molecule has 0 amide bonds. The van der Waals surface area contributed by atoms with Crippen LogP contribution in [0.4, 0.5) is 0 Å². The number of carbonyl (C=O) groups excluding carboxylic acids is 1. The van der Waals surface area contributed by atoms with Gasteiger partial charge in [-0.1, -0.05) is 15.9 Å². The van der Waals surface area contributed by atoms with E-state index in [1.165, 1.54) is 6.92 Å². The third-order valence-electron chi connectivity index (χ3n) is 1.79. The predicted molar refractivity (Wildman–Crippen MR) is 52.9 cm³/mol. The highest BCUT2D eigenvalue weighted by Gasteiger charge is 2.05. The lowest BCUT2D eigenvalue weighted by molar-refractivity contribution is 0.101. The lowest BCUT2D eigenvalue weighted by Crippen LogP contribution is -1.93. The molecule has 2 heterocycles. The molecule has 3 nitrogen and oxygen atoms in total. The van der Waals surface area contributed by atoms with Crippen molar-refractivity contribution in [3.05, 3.63) is 34.6 Å². The smallest absolute Gasteiger partial charge is 0.180 e. The van der Waals surface area contributed by atoms with Crippen molar-refractivity contribution in [1.82, 2.24) is 9.61 Å². The monoisotopic (exact) mass is 238 g/mol. The van der Waals surface area contributed by atoms with Crippen LogP contribution in [0.5, 0.6) is 0 Å². The number of carbonyl (C=O) groups is 1. The summed E-state index contributed by atoms with van der Waals surface area (Å²) in [5.74, 6) is -0.0141. The van der Waals surface area contributed by atoms with Crippen LogP contribution >= 0.6 is 15.9 Å². The molecule has 4 heteroatoms. The molecule has 66 valence electrons. The highest BCUT2D eigenvalue weighted by Crippen LogP contribution is 2.14. The third kappa shape index (κ3) is 1.49. The number of rotatable bonds is 1. The molecule has 0 bridgehead atoms. The number of halogens is 1. The zero-order valence-corrected chi connectivity index (χ0v) is 8.58. The summed E-state index contributed by atoms with van der Waals surface area (Å²) >= 11 is 3.35. The van der Waals surface area contributed by atoms with E-state index in [0.29, 0.717) is 5.69 Å². The first-order valence-electron chi connectivity index (χ1n) is 3.83. The second-order valence-corrected chi connectivity index (χ2v) is 3.72. The molecule has 0 aliphatic heterocycles. The number of fused-ring (bicyclic) bond motifs is 1. The van der Waals surface area contributed by atoms with Gasteiger partial charge in [-0.15, -0.1) is 0 Å². The van der Waals surface area contributed by atoms with Crippen molar-refractivity contribution in [2.75, 3.05) is 0 Å². The van der Waals surface area contributed by atoms with Crippen LogP contribution in [0.25, 0.3) is 5.52 Å². The van der Waals surface area contributed by atoms with Gasteiger partial charge in [-0.3, -0.25) is 4.79 Å². The summed E-state index contributed by atoms with van der Waals surface area (Å²) in [4.78, 5) is 11.0. The molecule has 13 heavy (non-hydrogen) atoms. The van der Waals surface area contributed by atoms with Crippen molar-refractivity contribution in [1.29, 1.82) is 0 Å². The van der Waals surface area contributed by atoms with Crippen LogP contribution in [-0.2, 0) is 0 Å². The van der Waals surface area contributed by atoms with Crippen molar-refractivity contribution >= 4 is 27.2 Å². The second-order valence-electron chi connectivity index (χ2n) is 2.80. The number of ketones is 1. The van der Waals surface area contributed by atoms with Gasteiger partial charge in [0.25, 0.3) is 0 Å². The molecule has 2 rings (SSSR count). The molecule has 0 saturated heterocycles. The van der Waals surface area contributed by atoms with E-state index >= 15 is 0 Å². The SMILES string of the molecule is CC(=O)c1cc2cc(Br)ccn2n1. The summed E-state index contributed by atoms with van der Waals surface area (Å²) in [5, 5.41) is 4.10. The van der Waals surface area contributed by atoms with E-state index in [-0.39, 0.29) is 5.78 Å². The van der Waals surface area contributed by atoms with Gasteiger partial charge in [-0.25, -0.2) is 4.52 Å². The topological polar surface area (TPSA) is 34.4 Å². The van der Waals surface area contributed by atoms with Crippen molar-refractivity contribution in [3.63, 3.8) is 0 Å². The molecule has 2 aromatic heterocycles. The van der Waals surface area contributed by atoms with Gasteiger partial charge in [-0.2, -0.15) is 5.10 Å². The second kappa shape index (κ2) is 2.96. The predicted octanol–water partition coefficient (Wildman–Crippen LogP) is 2.30. The Morgan fingerprint density at radius 2 is 2.31 bits per heavy atom. The first-order chi connectivity index (χ1) is 6.16. The number of hydrogen-bond donors (Lipinski definition) is 0. The van der Waals surface area contributed by atoms with E-state index in [2.05, 4.69) is 21.0 Å². The van der Waals surface area contributed by atoms with E-state index in [0.717, 1.165) is 9.99 Å². The molecule has 2 aromatic rings. The highest BCUT2D eigenvalue weighted by molar-refractivity contribution is 9.10. The van der Waals surface area contributed by atoms with Gasteiger partial charge in [0, 0.05) is 17.6 Å². The largest absolute Gasteiger partial charge is 0.293 e. The van der Waals surface area contributed by atoms with E-state index in [4.69, 9.17) is 0 Å². The molecule has 0 spiro atoms. The van der Waals surface area contributed by atoms with Gasteiger partial charge >= 0.3 is 0 Å². The first kappa shape index (κ1) is 8.44. The van der Waals surface area contributed by atoms with Gasteiger partial charge in [-0.05, 0) is 18.2 Å². The zero-order chi connectivity index (χ0) is 9.42. The minimum Gasteiger partial charge on any atom is -0.293 e. The van der Waals surface area contributed by atoms with E-state index in [1.807, 2.05) is 18.3 Å². The molecule has 0 unspecified atom stereocenters.